The van der Waals surface area contributed by atoms with E-state index in [1.807, 2.05) is 27.8 Å². The molecule has 0 aromatic heterocycles. The smallest absolute Gasteiger partial charge is 0.229 e. The Balaban J connectivity index is 2.68. The van der Waals surface area contributed by atoms with Gasteiger partial charge >= 0.3 is 0 Å². The summed E-state index contributed by atoms with van der Waals surface area (Å²) < 4.78 is 0. The predicted octanol–water partition coefficient (Wildman–Crippen LogP) is 1.16. The van der Waals surface area contributed by atoms with Crippen molar-refractivity contribution in [3.8, 4) is 0 Å². The van der Waals surface area contributed by atoms with E-state index in [2.05, 4.69) is 5.32 Å². The molecule has 1 N–H and O–H groups in total. The SMILES string of the molecule is CCC(CN1C(=O)CC(C)(C)CC1=O)NC. The second-order valence-corrected chi connectivity index (χ2v) is 5.31. The minimum Gasteiger partial charge on any atom is -0.315 e. The van der Waals surface area contributed by atoms with E-state index in [0.29, 0.717) is 19.4 Å². The lowest BCUT2D eigenvalue weighted by Crippen LogP contribution is -2.50. The highest BCUT2D eigenvalue weighted by atomic mass is 16.2. The quantitative estimate of drug-likeness (QED) is 0.732. The molecule has 0 aromatic rings. The van der Waals surface area contributed by atoms with Gasteiger partial charge in [-0.1, -0.05) is 20.8 Å². The van der Waals surface area contributed by atoms with Crippen LogP contribution in [0.25, 0.3) is 0 Å². The van der Waals surface area contributed by atoms with Crippen molar-refractivity contribution in [2.75, 3.05) is 13.6 Å². The van der Waals surface area contributed by atoms with Crippen molar-refractivity contribution in [2.24, 2.45) is 5.41 Å². The van der Waals surface area contributed by atoms with E-state index in [4.69, 9.17) is 0 Å². The number of rotatable bonds is 4. The lowest BCUT2D eigenvalue weighted by atomic mass is 9.81. The second-order valence-electron chi connectivity index (χ2n) is 5.31. The molecule has 0 aliphatic carbocycles. The highest BCUT2D eigenvalue weighted by Crippen LogP contribution is 2.31. The van der Waals surface area contributed by atoms with E-state index < -0.39 is 0 Å². The van der Waals surface area contributed by atoms with Gasteiger partial charge in [-0.15, -0.1) is 0 Å². The standard InChI is InChI=1S/C12H22N2O2/c1-5-9(13-4)8-14-10(15)6-12(2,3)7-11(14)16/h9,13H,5-8H2,1-4H3. The fourth-order valence-electron chi connectivity index (χ4n) is 2.06. The van der Waals surface area contributed by atoms with E-state index in [9.17, 15) is 9.59 Å². The number of nitrogens with one attached hydrogen (secondary N) is 1. The average molecular weight is 226 g/mol. The number of amides is 2. The molecule has 1 saturated heterocycles. The Labute approximate surface area is 97.4 Å². The number of carbonyl (C=O) groups excluding carboxylic acids is 2. The summed E-state index contributed by atoms with van der Waals surface area (Å²) in [6, 6.07) is 0.203. The molecule has 4 nitrogen and oxygen atoms in total. The molecule has 1 fully saturated rings. The monoisotopic (exact) mass is 226 g/mol. The van der Waals surface area contributed by atoms with Gasteiger partial charge in [-0.25, -0.2) is 0 Å². The van der Waals surface area contributed by atoms with Crippen LogP contribution in [0.5, 0.6) is 0 Å². The molecule has 92 valence electrons. The maximum Gasteiger partial charge on any atom is 0.229 e. The van der Waals surface area contributed by atoms with Crippen LogP contribution in [-0.4, -0.2) is 36.3 Å². The summed E-state index contributed by atoms with van der Waals surface area (Å²) >= 11 is 0. The zero-order valence-corrected chi connectivity index (χ0v) is 10.7. The fourth-order valence-corrected chi connectivity index (χ4v) is 2.06. The summed E-state index contributed by atoms with van der Waals surface area (Å²) in [5.74, 6) is -0.0649. The topological polar surface area (TPSA) is 49.4 Å². The van der Waals surface area contributed by atoms with E-state index >= 15 is 0 Å². The van der Waals surface area contributed by atoms with Gasteiger partial charge in [-0.05, 0) is 18.9 Å². The molecule has 1 atom stereocenters. The van der Waals surface area contributed by atoms with E-state index in [-0.39, 0.29) is 23.3 Å². The molecular weight excluding hydrogens is 204 g/mol. The average Bonchev–Trinajstić information content (AvgIpc) is 2.15. The molecule has 1 aliphatic heterocycles. The van der Waals surface area contributed by atoms with Gasteiger partial charge in [-0.3, -0.25) is 14.5 Å². The Bertz CT molecular complexity index is 263. The molecule has 16 heavy (non-hydrogen) atoms. The van der Waals surface area contributed by atoms with Gasteiger partial charge in [0.1, 0.15) is 0 Å². The summed E-state index contributed by atoms with van der Waals surface area (Å²) in [6.45, 7) is 6.48. The number of likely N-dealkylation sites (N-methyl/N-ethyl adjacent to an activating group) is 1. The van der Waals surface area contributed by atoms with Gasteiger partial charge < -0.3 is 5.32 Å². The minimum atomic E-state index is -0.175. The normalized spacial score (nSPS) is 22.4. The fraction of sp³-hybridized carbons (Fsp3) is 0.833. The third kappa shape index (κ3) is 3.04. The molecule has 0 bridgehead atoms. The molecule has 4 heteroatoms. The van der Waals surface area contributed by atoms with Crippen LogP contribution >= 0.6 is 0 Å². The molecule has 1 aliphatic rings. The Morgan fingerprint density at radius 3 is 2.19 bits per heavy atom. The summed E-state index contributed by atoms with van der Waals surface area (Å²) in [4.78, 5) is 25.1. The Hall–Kier alpha value is -0.900. The van der Waals surface area contributed by atoms with Gasteiger partial charge in [0.25, 0.3) is 0 Å². The van der Waals surface area contributed by atoms with E-state index in [1.54, 1.807) is 0 Å². The number of hydrogen-bond acceptors (Lipinski definition) is 3. The van der Waals surface area contributed by atoms with Crippen molar-refractivity contribution in [3.63, 3.8) is 0 Å². The Morgan fingerprint density at radius 2 is 1.81 bits per heavy atom. The number of carbonyl (C=O) groups is 2. The first-order chi connectivity index (χ1) is 7.39. The zero-order valence-electron chi connectivity index (χ0n) is 10.7. The molecule has 1 heterocycles. The lowest BCUT2D eigenvalue weighted by molar-refractivity contribution is -0.152. The third-order valence-electron chi connectivity index (χ3n) is 3.17. The van der Waals surface area contributed by atoms with Crippen molar-refractivity contribution >= 4 is 11.8 Å². The summed E-state index contributed by atoms with van der Waals surface area (Å²) in [5.41, 5.74) is -0.175. The van der Waals surface area contributed by atoms with Crippen LogP contribution in [0.15, 0.2) is 0 Å². The maximum absolute atomic E-state index is 11.9. The van der Waals surface area contributed by atoms with Crippen LogP contribution < -0.4 is 5.32 Å². The van der Waals surface area contributed by atoms with Gasteiger partial charge in [-0.2, -0.15) is 0 Å². The second kappa shape index (κ2) is 4.95. The highest BCUT2D eigenvalue weighted by Gasteiger charge is 2.37. The molecule has 0 spiro atoms. The molecule has 2 amide bonds. The molecule has 1 unspecified atom stereocenters. The van der Waals surface area contributed by atoms with Crippen molar-refractivity contribution in [3.05, 3.63) is 0 Å². The Kier molecular flexibility index (Phi) is 4.08. The predicted molar refractivity (Wildman–Crippen MR) is 62.9 cm³/mol. The third-order valence-corrected chi connectivity index (χ3v) is 3.17. The van der Waals surface area contributed by atoms with Crippen LogP contribution in [0.4, 0.5) is 0 Å². The molecule has 0 saturated carbocycles. The lowest BCUT2D eigenvalue weighted by Gasteiger charge is -2.36. The molecular formula is C12H22N2O2. The van der Waals surface area contributed by atoms with E-state index in [0.717, 1.165) is 6.42 Å². The summed E-state index contributed by atoms with van der Waals surface area (Å²) in [6.07, 6.45) is 1.86. The minimum absolute atomic E-state index is 0.0325. The van der Waals surface area contributed by atoms with E-state index in [1.165, 1.54) is 4.90 Å². The van der Waals surface area contributed by atoms with Gasteiger partial charge in [0, 0.05) is 25.4 Å². The molecule has 0 radical (unpaired) electrons. The van der Waals surface area contributed by atoms with Gasteiger partial charge in [0.15, 0.2) is 0 Å². The number of imide groups is 1. The first-order valence-corrected chi connectivity index (χ1v) is 5.90. The zero-order chi connectivity index (χ0) is 12.3. The summed E-state index contributed by atoms with van der Waals surface area (Å²) in [7, 11) is 1.86. The number of likely N-dealkylation sites (tertiary alicyclic amines) is 1. The van der Waals surface area contributed by atoms with Crippen molar-refractivity contribution in [2.45, 2.75) is 46.1 Å². The molecule has 1 rings (SSSR count). The van der Waals surface area contributed by atoms with Crippen LogP contribution in [0.3, 0.4) is 0 Å². The van der Waals surface area contributed by atoms with Crippen molar-refractivity contribution in [1.82, 2.24) is 10.2 Å². The van der Waals surface area contributed by atoms with Gasteiger partial charge in [0.05, 0.1) is 0 Å². The van der Waals surface area contributed by atoms with Crippen molar-refractivity contribution < 1.29 is 9.59 Å². The Morgan fingerprint density at radius 1 is 1.31 bits per heavy atom. The number of piperidine rings is 1. The summed E-state index contributed by atoms with van der Waals surface area (Å²) in [5, 5.41) is 3.11. The number of hydrogen-bond donors (Lipinski definition) is 1. The molecule has 0 aromatic carbocycles. The van der Waals surface area contributed by atoms with Gasteiger partial charge in [0.2, 0.25) is 11.8 Å². The van der Waals surface area contributed by atoms with Crippen LogP contribution in [0.2, 0.25) is 0 Å². The number of nitrogens with zero attached hydrogens (tertiary/aromatic N) is 1. The van der Waals surface area contributed by atoms with Crippen LogP contribution in [0, 0.1) is 5.41 Å². The first-order valence-electron chi connectivity index (χ1n) is 5.90. The first kappa shape index (κ1) is 13.2. The van der Waals surface area contributed by atoms with Crippen LogP contribution in [-0.2, 0) is 9.59 Å². The highest BCUT2D eigenvalue weighted by molar-refractivity contribution is 5.98. The van der Waals surface area contributed by atoms with Crippen molar-refractivity contribution in [1.29, 1.82) is 0 Å². The van der Waals surface area contributed by atoms with Crippen LogP contribution in [0.1, 0.15) is 40.0 Å². The largest absolute Gasteiger partial charge is 0.315 e. The maximum atomic E-state index is 11.9.